The second-order valence-corrected chi connectivity index (χ2v) is 12.9. The molecule has 0 spiro atoms. The maximum atomic E-state index is 14.4. The Morgan fingerprint density at radius 2 is 1.93 bits per heavy atom. The van der Waals surface area contributed by atoms with E-state index in [4.69, 9.17) is 29.0 Å². The maximum absolute atomic E-state index is 14.4. The third-order valence-electron chi connectivity index (χ3n) is 8.16. The van der Waals surface area contributed by atoms with Crippen LogP contribution in [0.4, 0.5) is 5.82 Å². The van der Waals surface area contributed by atoms with Gasteiger partial charge < -0.3 is 30.2 Å². The lowest BCUT2D eigenvalue weighted by Crippen LogP contribution is -2.36. The second kappa shape index (κ2) is 12.4. The lowest BCUT2D eigenvalue weighted by Gasteiger charge is -2.30. The third kappa shape index (κ3) is 5.61. The summed E-state index contributed by atoms with van der Waals surface area (Å²) in [5, 5.41) is 21.2. The molecule has 6 rings (SSSR count). The van der Waals surface area contributed by atoms with Crippen LogP contribution in [-0.4, -0.2) is 108 Å². The molecule has 0 aromatic carbocycles. The largest absolute Gasteiger partial charge is 0.408 e. The Hall–Kier alpha value is -3.06. The fourth-order valence-electron chi connectivity index (χ4n) is 5.80. The molecule has 0 radical (unpaired) electrons. The number of aromatic amines is 1. The van der Waals surface area contributed by atoms with Gasteiger partial charge in [0.25, 0.3) is 5.56 Å². The first-order chi connectivity index (χ1) is 21.1. The zero-order chi connectivity index (χ0) is 31.2. The van der Waals surface area contributed by atoms with E-state index in [1.54, 1.807) is 16.2 Å². The van der Waals surface area contributed by atoms with E-state index in [-0.39, 0.29) is 18.8 Å². The quantitative estimate of drug-likeness (QED) is 0.204. The standard InChI is InChI=1S/C25H35N8O10P/c1-13-8-32(25(37)30-23(13)36)17-7-14(15(9-34)41-17)43-44(38,31-5-3-4-6-31)40-10-16-19(35)20(39-2)24(42-16)33-12-29-18-21(26)27-11-28-22(18)33/h8,11-12,14-17,19-20,24,34-35H,3-7,9-10H2,1-2H3,(H2,26,27,28)(H,30,36,37)/t14-,15+,16+,17+,19+,20+,24+,44?/m0/s1. The highest BCUT2D eigenvalue weighted by Crippen LogP contribution is 2.57. The van der Waals surface area contributed by atoms with Gasteiger partial charge in [0, 0.05) is 38.4 Å². The van der Waals surface area contributed by atoms with Gasteiger partial charge in [-0.2, -0.15) is 0 Å². The van der Waals surface area contributed by atoms with E-state index in [0.29, 0.717) is 29.8 Å². The minimum absolute atomic E-state index is 0.0485. The Bertz CT molecular complexity index is 1660. The number of nitrogens with zero attached hydrogens (tertiary/aromatic N) is 6. The second-order valence-electron chi connectivity index (χ2n) is 10.9. The highest BCUT2D eigenvalue weighted by molar-refractivity contribution is 7.51. The summed E-state index contributed by atoms with van der Waals surface area (Å²) in [4.78, 5) is 39.0. The van der Waals surface area contributed by atoms with Crippen molar-refractivity contribution in [3.8, 4) is 0 Å². The average Bonchev–Trinajstić information content (AvgIpc) is 3.80. The number of H-pyrrole nitrogens is 1. The minimum Gasteiger partial charge on any atom is -0.394 e. The molecular weight excluding hydrogens is 603 g/mol. The molecule has 240 valence electrons. The predicted octanol–water partition coefficient (Wildman–Crippen LogP) is -0.574. The zero-order valence-corrected chi connectivity index (χ0v) is 25.0. The summed E-state index contributed by atoms with van der Waals surface area (Å²) in [6.07, 6.45) is -0.932. The molecule has 18 nitrogen and oxygen atoms in total. The van der Waals surface area contributed by atoms with E-state index in [1.165, 1.54) is 30.5 Å². The Morgan fingerprint density at radius 1 is 1.16 bits per heavy atom. The number of ether oxygens (including phenoxy) is 3. The average molecular weight is 639 g/mol. The van der Waals surface area contributed by atoms with E-state index in [2.05, 4.69) is 19.9 Å². The first-order valence-corrected chi connectivity index (χ1v) is 15.7. The lowest BCUT2D eigenvalue weighted by atomic mass is 10.1. The van der Waals surface area contributed by atoms with Crippen molar-refractivity contribution in [3.05, 3.63) is 45.3 Å². The SMILES string of the molecule is CO[C@@H]1[C@H](O)[C@@H](COP(=O)(O[C@H]2C[C@H](n3cc(C)c(=O)[nH]c3=O)O[C@@H]2CO)N2CCCC2)O[C@H]1n1cnc2c(N)ncnc21. The molecule has 6 heterocycles. The Labute approximate surface area is 250 Å². The summed E-state index contributed by atoms with van der Waals surface area (Å²) in [5.41, 5.74) is 5.76. The molecule has 0 saturated carbocycles. The molecule has 0 amide bonds. The van der Waals surface area contributed by atoms with Crippen LogP contribution in [0.1, 0.15) is 37.3 Å². The lowest BCUT2D eigenvalue weighted by molar-refractivity contribution is -0.0614. The van der Waals surface area contributed by atoms with Crippen LogP contribution >= 0.6 is 7.75 Å². The summed E-state index contributed by atoms with van der Waals surface area (Å²) in [6.45, 7) is 1.63. The van der Waals surface area contributed by atoms with Crippen molar-refractivity contribution >= 4 is 24.7 Å². The number of nitrogens with two attached hydrogens (primary N) is 1. The van der Waals surface area contributed by atoms with Gasteiger partial charge in [0.15, 0.2) is 17.7 Å². The van der Waals surface area contributed by atoms with Gasteiger partial charge in [-0.1, -0.05) is 0 Å². The number of hydrogen-bond acceptors (Lipinski definition) is 14. The molecule has 19 heteroatoms. The van der Waals surface area contributed by atoms with E-state index in [1.807, 2.05) is 0 Å². The fourth-order valence-corrected chi connectivity index (χ4v) is 7.83. The number of imidazole rings is 1. The molecule has 3 aromatic rings. The Morgan fingerprint density at radius 3 is 2.66 bits per heavy atom. The van der Waals surface area contributed by atoms with Gasteiger partial charge in [0.05, 0.1) is 19.5 Å². The molecule has 8 atom stereocenters. The molecule has 0 aliphatic carbocycles. The van der Waals surface area contributed by atoms with Crippen LogP contribution < -0.4 is 17.0 Å². The molecule has 3 fully saturated rings. The van der Waals surface area contributed by atoms with Crippen LogP contribution in [0.15, 0.2) is 28.4 Å². The Balaban J connectivity index is 1.20. The van der Waals surface area contributed by atoms with E-state index >= 15 is 0 Å². The van der Waals surface area contributed by atoms with Gasteiger partial charge in [-0.25, -0.2) is 29.0 Å². The van der Waals surface area contributed by atoms with Crippen LogP contribution in [0.2, 0.25) is 0 Å². The number of aliphatic hydroxyl groups excluding tert-OH is 2. The fraction of sp³-hybridized carbons (Fsp3) is 0.640. The van der Waals surface area contributed by atoms with Crippen molar-refractivity contribution in [3.63, 3.8) is 0 Å². The van der Waals surface area contributed by atoms with Crippen molar-refractivity contribution in [2.75, 3.05) is 39.1 Å². The smallest absolute Gasteiger partial charge is 0.394 e. The van der Waals surface area contributed by atoms with Crippen LogP contribution in [0.3, 0.4) is 0 Å². The summed E-state index contributed by atoms with van der Waals surface area (Å²) in [7, 11) is -2.61. The minimum atomic E-state index is -4.04. The first kappa shape index (κ1) is 30.9. The number of aryl methyl sites for hydroxylation is 1. The number of fused-ring (bicyclic) bond motifs is 1. The molecule has 3 aromatic heterocycles. The molecule has 0 bridgehead atoms. The normalized spacial score (nSPS) is 30.8. The number of anilines is 1. The summed E-state index contributed by atoms with van der Waals surface area (Å²) < 4.78 is 48.5. The molecule has 1 unspecified atom stereocenters. The summed E-state index contributed by atoms with van der Waals surface area (Å²) in [5.74, 6) is 0.185. The highest BCUT2D eigenvalue weighted by atomic mass is 31.2. The van der Waals surface area contributed by atoms with Gasteiger partial charge in [0.1, 0.15) is 48.6 Å². The van der Waals surface area contributed by atoms with Gasteiger partial charge in [-0.15, -0.1) is 0 Å². The molecular formula is C25H35N8O10P. The zero-order valence-electron chi connectivity index (χ0n) is 24.1. The maximum Gasteiger partial charge on any atom is 0.408 e. The molecule has 3 aliphatic heterocycles. The third-order valence-corrected chi connectivity index (χ3v) is 10.3. The van der Waals surface area contributed by atoms with Gasteiger partial charge in [0.2, 0.25) is 0 Å². The van der Waals surface area contributed by atoms with Crippen molar-refractivity contribution in [1.82, 2.24) is 33.7 Å². The number of aromatic nitrogens is 6. The summed E-state index contributed by atoms with van der Waals surface area (Å²) in [6, 6.07) is 0. The van der Waals surface area contributed by atoms with Crippen molar-refractivity contribution in [2.24, 2.45) is 0 Å². The van der Waals surface area contributed by atoms with Crippen LogP contribution in [-0.2, 0) is 27.8 Å². The van der Waals surface area contributed by atoms with Gasteiger partial charge in [-0.3, -0.25) is 28.0 Å². The van der Waals surface area contributed by atoms with Crippen LogP contribution in [0.5, 0.6) is 0 Å². The number of hydrogen-bond donors (Lipinski definition) is 4. The monoisotopic (exact) mass is 638 g/mol. The molecule has 3 aliphatic rings. The number of nitrogen functional groups attached to an aromatic ring is 1. The number of aliphatic hydroxyl groups is 2. The highest BCUT2D eigenvalue weighted by Gasteiger charge is 2.49. The molecule has 3 saturated heterocycles. The summed E-state index contributed by atoms with van der Waals surface area (Å²) >= 11 is 0. The van der Waals surface area contributed by atoms with Gasteiger partial charge >= 0.3 is 13.4 Å². The van der Waals surface area contributed by atoms with Crippen molar-refractivity contribution in [1.29, 1.82) is 0 Å². The molecule has 5 N–H and O–H groups in total. The van der Waals surface area contributed by atoms with Crippen molar-refractivity contribution in [2.45, 2.75) is 69.2 Å². The van der Waals surface area contributed by atoms with Crippen LogP contribution in [0.25, 0.3) is 11.2 Å². The van der Waals surface area contributed by atoms with E-state index < -0.39 is 68.6 Å². The van der Waals surface area contributed by atoms with Crippen molar-refractivity contribution < 1.29 is 38.0 Å². The van der Waals surface area contributed by atoms with E-state index in [0.717, 1.165) is 12.8 Å². The Kier molecular flexibility index (Phi) is 8.71. The van der Waals surface area contributed by atoms with Crippen LogP contribution in [0, 0.1) is 6.92 Å². The first-order valence-electron chi connectivity index (χ1n) is 14.2. The number of methoxy groups -OCH3 is 1. The van der Waals surface area contributed by atoms with E-state index in [9.17, 15) is 24.4 Å². The molecule has 44 heavy (non-hydrogen) atoms. The predicted molar refractivity (Wildman–Crippen MR) is 151 cm³/mol. The topological polar surface area (TPSA) is 231 Å². The van der Waals surface area contributed by atoms with Gasteiger partial charge in [-0.05, 0) is 19.8 Å². The number of rotatable bonds is 10. The number of nitrogens with one attached hydrogen (secondary N) is 1.